The number of carboxylic acid groups (broad SMARTS) is 1. The highest BCUT2D eigenvalue weighted by Crippen LogP contribution is 2.09. The van der Waals surface area contributed by atoms with Crippen LogP contribution in [-0.4, -0.2) is 53.5 Å². The highest BCUT2D eigenvalue weighted by Gasteiger charge is 2.29. The van der Waals surface area contributed by atoms with Gasteiger partial charge in [0.25, 0.3) is 0 Å². The smallest absolute Gasteiger partial charge is 0.322 e. The van der Waals surface area contributed by atoms with Crippen molar-refractivity contribution in [2.24, 2.45) is 11.7 Å². The molecule has 188 valence electrons. The fourth-order valence-corrected chi connectivity index (χ4v) is 3.56. The molecule has 2 rings (SSSR count). The Morgan fingerprint density at radius 2 is 1.29 bits per heavy atom. The Labute approximate surface area is 205 Å². The zero-order valence-corrected chi connectivity index (χ0v) is 20.1. The minimum Gasteiger partial charge on any atom is -0.480 e. The lowest BCUT2D eigenvalue weighted by Gasteiger charge is -2.25. The van der Waals surface area contributed by atoms with Crippen LogP contribution in [0.4, 0.5) is 0 Å². The first-order chi connectivity index (χ1) is 16.7. The summed E-state index contributed by atoms with van der Waals surface area (Å²) in [5, 5.41) is 16.6. The molecule has 2 aromatic rings. The molecule has 3 amide bonds. The number of carbonyl (C=O) groups is 4. The number of carbonyl (C=O) groups excluding carboxylic acids is 3. The summed E-state index contributed by atoms with van der Waals surface area (Å²) in [6.07, 6.45) is 0.815. The summed E-state index contributed by atoms with van der Waals surface area (Å²) >= 11 is 0. The molecule has 6 N–H and O–H groups in total. The number of hydrogen-bond acceptors (Lipinski definition) is 5. The molecule has 0 fully saturated rings. The monoisotopic (exact) mass is 482 g/mol. The molecule has 2 aromatic carbocycles. The van der Waals surface area contributed by atoms with E-state index in [1.54, 1.807) is 24.3 Å². The van der Waals surface area contributed by atoms with Crippen molar-refractivity contribution in [2.45, 2.75) is 51.2 Å². The molecule has 0 radical (unpaired) electrons. The molecule has 0 heterocycles. The molecule has 3 unspecified atom stereocenters. The number of nitrogens with one attached hydrogen (secondary N) is 3. The van der Waals surface area contributed by atoms with Crippen molar-refractivity contribution >= 4 is 23.7 Å². The lowest BCUT2D eigenvalue weighted by molar-refractivity contribution is -0.138. The predicted octanol–water partition coefficient (Wildman–Crippen LogP) is 1.02. The van der Waals surface area contributed by atoms with E-state index in [0.29, 0.717) is 12.8 Å². The Morgan fingerprint density at radius 3 is 1.80 bits per heavy atom. The largest absolute Gasteiger partial charge is 0.480 e. The minimum atomic E-state index is -1.19. The van der Waals surface area contributed by atoms with Crippen LogP contribution in [0.2, 0.25) is 0 Å². The summed E-state index contributed by atoms with van der Waals surface area (Å²) < 4.78 is 0. The Kier molecular flexibility index (Phi) is 10.9. The molecule has 0 aliphatic carbocycles. The van der Waals surface area contributed by atoms with Crippen molar-refractivity contribution in [3.05, 3.63) is 71.8 Å². The number of carboxylic acids is 1. The third kappa shape index (κ3) is 9.97. The van der Waals surface area contributed by atoms with Crippen LogP contribution in [0.5, 0.6) is 0 Å². The number of amides is 3. The summed E-state index contributed by atoms with van der Waals surface area (Å²) in [6, 6.07) is 15.6. The molecule has 0 aliphatic rings. The van der Waals surface area contributed by atoms with Crippen LogP contribution in [0.3, 0.4) is 0 Å². The van der Waals surface area contributed by atoms with Crippen LogP contribution in [0.1, 0.15) is 31.4 Å². The van der Waals surface area contributed by atoms with Gasteiger partial charge in [0.2, 0.25) is 17.7 Å². The molecule has 0 spiro atoms. The molecule has 0 bridgehead atoms. The maximum Gasteiger partial charge on any atom is 0.322 e. The van der Waals surface area contributed by atoms with Crippen LogP contribution in [-0.2, 0) is 32.0 Å². The second-order valence-corrected chi connectivity index (χ2v) is 8.85. The number of rotatable bonds is 13. The Bertz CT molecular complexity index is 982. The van der Waals surface area contributed by atoms with Gasteiger partial charge >= 0.3 is 5.97 Å². The fourth-order valence-electron chi connectivity index (χ4n) is 3.56. The Balaban J connectivity index is 2.12. The van der Waals surface area contributed by atoms with E-state index in [1.807, 2.05) is 50.2 Å². The van der Waals surface area contributed by atoms with Gasteiger partial charge in [-0.05, 0) is 29.9 Å². The molecule has 9 heteroatoms. The van der Waals surface area contributed by atoms with Crippen LogP contribution >= 0.6 is 0 Å². The van der Waals surface area contributed by atoms with Crippen molar-refractivity contribution in [2.75, 3.05) is 6.54 Å². The standard InChI is InChI=1S/C26H34N4O5/c1-17(2)13-21(29-24(33)20(27)14-18-9-5-3-6-10-18)26(35)30-22(25(34)28-16-23(31)32)15-19-11-7-4-8-12-19/h3-12,17,20-22H,13-16,27H2,1-2H3,(H,28,34)(H,29,33)(H,30,35)(H,31,32). The van der Waals surface area contributed by atoms with Crippen molar-refractivity contribution in [1.29, 1.82) is 0 Å². The van der Waals surface area contributed by atoms with Crippen LogP contribution < -0.4 is 21.7 Å². The molecule has 0 aliphatic heterocycles. The zero-order chi connectivity index (χ0) is 25.8. The van der Waals surface area contributed by atoms with Gasteiger partial charge in [0.1, 0.15) is 18.6 Å². The van der Waals surface area contributed by atoms with Gasteiger partial charge in [-0.1, -0.05) is 74.5 Å². The van der Waals surface area contributed by atoms with E-state index < -0.39 is 48.4 Å². The van der Waals surface area contributed by atoms with Gasteiger partial charge in [-0.15, -0.1) is 0 Å². The lowest BCUT2D eigenvalue weighted by atomic mass is 10.00. The first kappa shape index (κ1) is 27.5. The van der Waals surface area contributed by atoms with Crippen molar-refractivity contribution < 1.29 is 24.3 Å². The number of benzene rings is 2. The third-order valence-electron chi connectivity index (χ3n) is 5.30. The van der Waals surface area contributed by atoms with Gasteiger partial charge in [-0.2, -0.15) is 0 Å². The van der Waals surface area contributed by atoms with Gasteiger partial charge in [0.05, 0.1) is 6.04 Å². The van der Waals surface area contributed by atoms with E-state index in [0.717, 1.165) is 11.1 Å². The molecular weight excluding hydrogens is 448 g/mol. The molecule has 0 saturated heterocycles. The number of hydrogen-bond donors (Lipinski definition) is 5. The van der Waals surface area contributed by atoms with Gasteiger partial charge in [0.15, 0.2) is 0 Å². The second-order valence-electron chi connectivity index (χ2n) is 8.85. The predicted molar refractivity (Wildman–Crippen MR) is 132 cm³/mol. The summed E-state index contributed by atoms with van der Waals surface area (Å²) in [6.45, 7) is 3.26. The summed E-state index contributed by atoms with van der Waals surface area (Å²) in [4.78, 5) is 49.5. The minimum absolute atomic E-state index is 0.0739. The number of aliphatic carboxylic acids is 1. The molecule has 0 aromatic heterocycles. The average molecular weight is 483 g/mol. The maximum atomic E-state index is 13.2. The van der Waals surface area contributed by atoms with Gasteiger partial charge in [-0.25, -0.2) is 0 Å². The highest BCUT2D eigenvalue weighted by atomic mass is 16.4. The van der Waals surface area contributed by atoms with Gasteiger partial charge < -0.3 is 26.8 Å². The van der Waals surface area contributed by atoms with E-state index >= 15 is 0 Å². The fraction of sp³-hybridized carbons (Fsp3) is 0.385. The summed E-state index contributed by atoms with van der Waals surface area (Å²) in [5.74, 6) is -2.75. The second kappa shape index (κ2) is 13.9. The average Bonchev–Trinajstić information content (AvgIpc) is 2.82. The molecular formula is C26H34N4O5. The zero-order valence-electron chi connectivity index (χ0n) is 20.1. The first-order valence-corrected chi connectivity index (χ1v) is 11.6. The summed E-state index contributed by atoms with van der Waals surface area (Å²) in [5.41, 5.74) is 7.77. The van der Waals surface area contributed by atoms with Crippen LogP contribution in [0, 0.1) is 5.92 Å². The van der Waals surface area contributed by atoms with Crippen molar-refractivity contribution in [3.8, 4) is 0 Å². The summed E-state index contributed by atoms with van der Waals surface area (Å²) in [7, 11) is 0. The van der Waals surface area contributed by atoms with Crippen molar-refractivity contribution in [1.82, 2.24) is 16.0 Å². The van der Waals surface area contributed by atoms with Gasteiger partial charge in [-0.3, -0.25) is 19.2 Å². The van der Waals surface area contributed by atoms with E-state index in [2.05, 4.69) is 16.0 Å². The highest BCUT2D eigenvalue weighted by molar-refractivity contribution is 5.93. The third-order valence-corrected chi connectivity index (χ3v) is 5.30. The number of nitrogens with two attached hydrogens (primary N) is 1. The first-order valence-electron chi connectivity index (χ1n) is 11.6. The maximum absolute atomic E-state index is 13.2. The van der Waals surface area contributed by atoms with E-state index in [1.165, 1.54) is 0 Å². The SMILES string of the molecule is CC(C)CC(NC(=O)C(N)Cc1ccccc1)C(=O)NC(Cc1ccccc1)C(=O)NCC(=O)O. The Morgan fingerprint density at radius 1 is 0.771 bits per heavy atom. The van der Waals surface area contributed by atoms with E-state index in [9.17, 15) is 19.2 Å². The molecule has 35 heavy (non-hydrogen) atoms. The normalized spacial score (nSPS) is 13.4. The molecule has 9 nitrogen and oxygen atoms in total. The lowest BCUT2D eigenvalue weighted by Crippen LogP contribution is -2.57. The van der Waals surface area contributed by atoms with Crippen LogP contribution in [0.25, 0.3) is 0 Å². The van der Waals surface area contributed by atoms with Gasteiger partial charge in [0, 0.05) is 6.42 Å². The quantitative estimate of drug-likeness (QED) is 0.288. The van der Waals surface area contributed by atoms with Crippen LogP contribution in [0.15, 0.2) is 60.7 Å². The molecule has 0 saturated carbocycles. The van der Waals surface area contributed by atoms with E-state index in [-0.39, 0.29) is 12.3 Å². The topological polar surface area (TPSA) is 151 Å². The van der Waals surface area contributed by atoms with Crippen molar-refractivity contribution in [3.63, 3.8) is 0 Å². The molecule has 3 atom stereocenters. The Hall–Kier alpha value is -3.72. The van der Waals surface area contributed by atoms with E-state index in [4.69, 9.17) is 10.8 Å².